The molecule has 1 aliphatic heterocycles. The Kier molecular flexibility index (Phi) is 3.92. The molecule has 2 aliphatic carbocycles. The molecule has 0 aromatic rings. The summed E-state index contributed by atoms with van der Waals surface area (Å²) in [7, 11) is 1.79. The van der Waals surface area contributed by atoms with Crippen molar-refractivity contribution in [2.75, 3.05) is 20.3 Å². The molecule has 0 bridgehead atoms. The van der Waals surface area contributed by atoms with Gasteiger partial charge >= 0.3 is 0 Å². The molecule has 1 heterocycles. The molecular weight excluding hydrogens is 236 g/mol. The van der Waals surface area contributed by atoms with E-state index in [9.17, 15) is 0 Å². The lowest BCUT2D eigenvalue weighted by Gasteiger charge is -2.25. The first kappa shape index (κ1) is 13.2. The Morgan fingerprint density at radius 3 is 2.95 bits per heavy atom. The van der Waals surface area contributed by atoms with E-state index in [-0.39, 0.29) is 0 Å². The van der Waals surface area contributed by atoms with E-state index in [4.69, 9.17) is 9.84 Å². The lowest BCUT2D eigenvalue weighted by atomic mass is 9.85. The molecule has 2 atom stereocenters. The molecule has 0 amide bonds. The maximum absolute atomic E-state index is 5.33. The van der Waals surface area contributed by atoms with Gasteiger partial charge in [-0.3, -0.25) is 5.01 Å². The molecule has 3 rings (SSSR count). The molecule has 0 spiro atoms. The Hall–Kier alpha value is -0.830. The Labute approximate surface area is 116 Å². The molecule has 19 heavy (non-hydrogen) atoms. The van der Waals surface area contributed by atoms with Crippen LogP contribution in [0.2, 0.25) is 0 Å². The normalized spacial score (nSPS) is 33.4. The third-order valence-corrected chi connectivity index (χ3v) is 4.92. The van der Waals surface area contributed by atoms with Crippen molar-refractivity contribution in [2.45, 2.75) is 57.9 Å². The van der Waals surface area contributed by atoms with Gasteiger partial charge in [-0.05, 0) is 56.4 Å². The van der Waals surface area contributed by atoms with Crippen LogP contribution in [-0.2, 0) is 4.74 Å². The monoisotopic (exact) mass is 262 g/mol. The van der Waals surface area contributed by atoms with E-state index < -0.39 is 0 Å². The highest BCUT2D eigenvalue weighted by Crippen LogP contribution is 2.39. The average molecular weight is 262 g/mol. The number of hydrogen-bond acceptors (Lipinski definition) is 3. The molecule has 1 saturated heterocycles. The summed E-state index contributed by atoms with van der Waals surface area (Å²) in [5.41, 5.74) is 4.72. The third kappa shape index (κ3) is 2.58. The van der Waals surface area contributed by atoms with Crippen LogP contribution in [-0.4, -0.2) is 37.0 Å². The zero-order valence-corrected chi connectivity index (χ0v) is 12.3. The van der Waals surface area contributed by atoms with Crippen LogP contribution in [0.4, 0.5) is 0 Å². The van der Waals surface area contributed by atoms with Crippen molar-refractivity contribution < 1.29 is 4.74 Å². The lowest BCUT2D eigenvalue weighted by Crippen LogP contribution is -2.30. The fraction of sp³-hybridized carbons (Fsp3) is 0.812. The highest BCUT2D eigenvalue weighted by Gasteiger charge is 2.30. The summed E-state index contributed by atoms with van der Waals surface area (Å²) in [5.74, 6) is 0.730. The Morgan fingerprint density at radius 2 is 2.11 bits per heavy atom. The average Bonchev–Trinajstić information content (AvgIpc) is 3.00. The molecule has 0 N–H and O–H groups in total. The fourth-order valence-corrected chi connectivity index (χ4v) is 3.97. The van der Waals surface area contributed by atoms with E-state index >= 15 is 0 Å². The van der Waals surface area contributed by atoms with Crippen LogP contribution in [0.25, 0.3) is 0 Å². The quantitative estimate of drug-likeness (QED) is 0.779. The molecule has 0 aromatic heterocycles. The Bertz CT molecular complexity index is 400. The smallest absolute Gasteiger partial charge is 0.0704 e. The minimum atomic E-state index is 0.501. The molecule has 0 radical (unpaired) electrons. The molecule has 3 heteroatoms. The second-order valence-corrected chi connectivity index (χ2v) is 6.27. The van der Waals surface area contributed by atoms with E-state index in [0.717, 1.165) is 19.1 Å². The standard InChI is InChI=1S/C16H26N2O/c1-12-5-3-6-13-8-9-15(16(12)13)17-18-10-4-7-14(18)11-19-2/h12,14H,3-11H2,1-2H3/b17-15+/t12-,14+/m0/s1. The number of hydrogen-bond donors (Lipinski definition) is 0. The van der Waals surface area contributed by atoms with Crippen molar-refractivity contribution in [1.29, 1.82) is 0 Å². The van der Waals surface area contributed by atoms with Gasteiger partial charge in [-0.1, -0.05) is 12.5 Å². The molecule has 0 unspecified atom stereocenters. The van der Waals surface area contributed by atoms with Gasteiger partial charge in [-0.15, -0.1) is 0 Å². The second-order valence-electron chi connectivity index (χ2n) is 6.27. The van der Waals surface area contributed by atoms with Crippen molar-refractivity contribution in [3.63, 3.8) is 0 Å². The van der Waals surface area contributed by atoms with Crippen molar-refractivity contribution in [2.24, 2.45) is 11.0 Å². The van der Waals surface area contributed by atoms with Crippen LogP contribution in [0.5, 0.6) is 0 Å². The Morgan fingerprint density at radius 1 is 1.21 bits per heavy atom. The van der Waals surface area contributed by atoms with Crippen molar-refractivity contribution in [3.05, 3.63) is 11.1 Å². The lowest BCUT2D eigenvalue weighted by molar-refractivity contribution is 0.118. The SMILES string of the molecule is COC[C@H]1CCCN1/N=C1\CCC2=C1[C@@H](C)CCC2. The van der Waals surface area contributed by atoms with Crippen LogP contribution in [0, 0.1) is 5.92 Å². The second kappa shape index (κ2) is 5.66. The number of methoxy groups -OCH3 is 1. The van der Waals surface area contributed by atoms with Gasteiger partial charge in [0.05, 0.1) is 18.4 Å². The summed E-state index contributed by atoms with van der Waals surface area (Å²) in [6.07, 6.45) is 8.97. The van der Waals surface area contributed by atoms with Crippen LogP contribution < -0.4 is 0 Å². The predicted octanol–water partition coefficient (Wildman–Crippen LogP) is 3.36. The van der Waals surface area contributed by atoms with Crippen molar-refractivity contribution in [3.8, 4) is 0 Å². The van der Waals surface area contributed by atoms with E-state index in [2.05, 4.69) is 11.9 Å². The van der Waals surface area contributed by atoms with Crippen LogP contribution in [0.1, 0.15) is 51.9 Å². The van der Waals surface area contributed by atoms with Gasteiger partial charge in [-0.25, -0.2) is 0 Å². The number of ether oxygens (including phenoxy) is 1. The molecule has 3 aliphatic rings. The molecular formula is C16H26N2O. The molecule has 0 saturated carbocycles. The largest absolute Gasteiger partial charge is 0.382 e. The van der Waals surface area contributed by atoms with Gasteiger partial charge in [-0.2, -0.15) is 5.10 Å². The molecule has 1 fully saturated rings. The van der Waals surface area contributed by atoms with Gasteiger partial charge < -0.3 is 4.74 Å². The molecule has 0 aromatic carbocycles. The first-order chi connectivity index (χ1) is 9.29. The van der Waals surface area contributed by atoms with Gasteiger partial charge in [0, 0.05) is 13.7 Å². The first-order valence-electron chi connectivity index (χ1n) is 7.85. The van der Waals surface area contributed by atoms with Crippen LogP contribution in [0.3, 0.4) is 0 Å². The van der Waals surface area contributed by atoms with Crippen LogP contribution in [0.15, 0.2) is 16.2 Å². The number of allylic oxidation sites excluding steroid dienone is 2. The zero-order chi connectivity index (χ0) is 13.2. The van der Waals surface area contributed by atoms with E-state index in [1.807, 2.05) is 0 Å². The number of hydrazone groups is 1. The van der Waals surface area contributed by atoms with Gasteiger partial charge in [0.2, 0.25) is 0 Å². The summed E-state index contributed by atoms with van der Waals surface area (Å²) in [6.45, 7) is 4.30. The van der Waals surface area contributed by atoms with Gasteiger partial charge in [0.25, 0.3) is 0 Å². The zero-order valence-electron chi connectivity index (χ0n) is 12.3. The van der Waals surface area contributed by atoms with Crippen molar-refractivity contribution in [1.82, 2.24) is 5.01 Å². The summed E-state index contributed by atoms with van der Waals surface area (Å²) in [4.78, 5) is 0. The minimum absolute atomic E-state index is 0.501. The van der Waals surface area contributed by atoms with Gasteiger partial charge in [0.15, 0.2) is 0 Å². The van der Waals surface area contributed by atoms with Crippen molar-refractivity contribution >= 4 is 5.71 Å². The van der Waals surface area contributed by atoms with E-state index in [0.29, 0.717) is 6.04 Å². The topological polar surface area (TPSA) is 24.8 Å². The molecule has 106 valence electrons. The predicted molar refractivity (Wildman–Crippen MR) is 78.3 cm³/mol. The first-order valence-corrected chi connectivity index (χ1v) is 7.85. The molecule has 3 nitrogen and oxygen atoms in total. The highest BCUT2D eigenvalue weighted by atomic mass is 16.5. The van der Waals surface area contributed by atoms with E-state index in [1.54, 1.807) is 18.3 Å². The summed E-state index contributed by atoms with van der Waals surface area (Å²) in [5, 5.41) is 7.32. The third-order valence-electron chi connectivity index (χ3n) is 4.92. The fourth-order valence-electron chi connectivity index (χ4n) is 3.97. The summed E-state index contributed by atoms with van der Waals surface area (Å²) >= 11 is 0. The minimum Gasteiger partial charge on any atom is -0.382 e. The number of nitrogens with zero attached hydrogens (tertiary/aromatic N) is 2. The maximum Gasteiger partial charge on any atom is 0.0704 e. The van der Waals surface area contributed by atoms with Gasteiger partial charge in [0.1, 0.15) is 0 Å². The van der Waals surface area contributed by atoms with Crippen LogP contribution >= 0.6 is 0 Å². The Balaban J connectivity index is 1.78. The summed E-state index contributed by atoms with van der Waals surface area (Å²) in [6, 6.07) is 0.501. The number of rotatable bonds is 3. The highest BCUT2D eigenvalue weighted by molar-refractivity contribution is 6.03. The maximum atomic E-state index is 5.33. The summed E-state index contributed by atoms with van der Waals surface area (Å²) < 4.78 is 5.33. The van der Waals surface area contributed by atoms with E-state index in [1.165, 1.54) is 50.7 Å².